The van der Waals surface area contributed by atoms with E-state index in [1.165, 1.54) is 12.1 Å². The molecule has 0 spiro atoms. The summed E-state index contributed by atoms with van der Waals surface area (Å²) >= 11 is 0. The molecule has 0 unspecified atom stereocenters. The summed E-state index contributed by atoms with van der Waals surface area (Å²) in [6.45, 7) is 0.315. The SMILES string of the molecule is O=C(O)C1(CCOc2cccc(F)c2)CCCC1. The molecule has 0 radical (unpaired) electrons. The zero-order valence-corrected chi connectivity index (χ0v) is 10.2. The number of hydrogen-bond donors (Lipinski definition) is 1. The van der Waals surface area contributed by atoms with Crippen molar-refractivity contribution in [2.75, 3.05) is 6.61 Å². The van der Waals surface area contributed by atoms with E-state index in [4.69, 9.17) is 4.74 Å². The highest BCUT2D eigenvalue weighted by Crippen LogP contribution is 2.41. The first-order chi connectivity index (χ1) is 8.62. The summed E-state index contributed by atoms with van der Waals surface area (Å²) in [5.74, 6) is -0.627. The van der Waals surface area contributed by atoms with E-state index < -0.39 is 11.4 Å². The molecule has 0 aliphatic heterocycles. The van der Waals surface area contributed by atoms with Gasteiger partial charge in [-0.15, -0.1) is 0 Å². The van der Waals surface area contributed by atoms with Crippen molar-refractivity contribution in [2.45, 2.75) is 32.1 Å². The molecule has 3 nitrogen and oxygen atoms in total. The van der Waals surface area contributed by atoms with Crippen LogP contribution in [-0.4, -0.2) is 17.7 Å². The molecule has 1 aromatic rings. The van der Waals surface area contributed by atoms with Crippen molar-refractivity contribution in [1.29, 1.82) is 0 Å². The number of benzene rings is 1. The Kier molecular flexibility index (Phi) is 3.84. The molecular formula is C14H17FO3. The number of carbonyl (C=O) groups is 1. The first-order valence-electron chi connectivity index (χ1n) is 6.24. The van der Waals surface area contributed by atoms with Crippen LogP contribution in [-0.2, 0) is 4.79 Å². The van der Waals surface area contributed by atoms with E-state index in [1.807, 2.05) is 0 Å². The molecular weight excluding hydrogens is 235 g/mol. The Labute approximate surface area is 106 Å². The summed E-state index contributed by atoms with van der Waals surface area (Å²) in [6.07, 6.45) is 3.85. The highest BCUT2D eigenvalue weighted by molar-refractivity contribution is 5.74. The lowest BCUT2D eigenvalue weighted by molar-refractivity contribution is -0.149. The molecule has 1 saturated carbocycles. The van der Waals surface area contributed by atoms with E-state index >= 15 is 0 Å². The van der Waals surface area contributed by atoms with Crippen LogP contribution in [0.3, 0.4) is 0 Å². The van der Waals surface area contributed by atoms with Gasteiger partial charge in [0.15, 0.2) is 0 Å². The van der Waals surface area contributed by atoms with Crippen LogP contribution in [0.4, 0.5) is 4.39 Å². The third-order valence-electron chi connectivity index (χ3n) is 3.66. The Morgan fingerprint density at radius 1 is 1.39 bits per heavy atom. The second-order valence-electron chi connectivity index (χ2n) is 4.85. The maximum atomic E-state index is 12.9. The van der Waals surface area contributed by atoms with Crippen molar-refractivity contribution in [2.24, 2.45) is 5.41 Å². The molecule has 0 bridgehead atoms. The van der Waals surface area contributed by atoms with Crippen molar-refractivity contribution in [1.82, 2.24) is 0 Å². The largest absolute Gasteiger partial charge is 0.493 e. The van der Waals surface area contributed by atoms with Gasteiger partial charge in [0.2, 0.25) is 0 Å². The summed E-state index contributed by atoms with van der Waals surface area (Å²) in [5.41, 5.74) is -0.632. The summed E-state index contributed by atoms with van der Waals surface area (Å²) in [5, 5.41) is 9.29. The standard InChI is InChI=1S/C14H17FO3/c15-11-4-3-5-12(10-11)18-9-8-14(13(16)17)6-1-2-7-14/h3-5,10H,1-2,6-9H2,(H,16,17). The van der Waals surface area contributed by atoms with Gasteiger partial charge in [-0.1, -0.05) is 18.9 Å². The molecule has 0 amide bonds. The number of carboxylic acid groups (broad SMARTS) is 1. The Hall–Kier alpha value is -1.58. The average Bonchev–Trinajstić information content (AvgIpc) is 2.79. The van der Waals surface area contributed by atoms with Crippen LogP contribution in [0.5, 0.6) is 5.75 Å². The first kappa shape index (κ1) is 12.9. The number of halogens is 1. The fourth-order valence-electron chi connectivity index (χ4n) is 2.54. The van der Waals surface area contributed by atoms with Crippen LogP contribution in [0.1, 0.15) is 32.1 Å². The van der Waals surface area contributed by atoms with E-state index in [0.29, 0.717) is 18.8 Å². The fourth-order valence-corrected chi connectivity index (χ4v) is 2.54. The smallest absolute Gasteiger partial charge is 0.309 e. The molecule has 0 atom stereocenters. The van der Waals surface area contributed by atoms with Gasteiger partial charge in [0.25, 0.3) is 0 Å². The molecule has 1 aromatic carbocycles. The number of aliphatic carboxylic acids is 1. The zero-order valence-electron chi connectivity index (χ0n) is 10.2. The lowest BCUT2D eigenvalue weighted by Gasteiger charge is -2.23. The van der Waals surface area contributed by atoms with Crippen LogP contribution in [0.15, 0.2) is 24.3 Å². The van der Waals surface area contributed by atoms with Gasteiger partial charge in [-0.2, -0.15) is 0 Å². The minimum Gasteiger partial charge on any atom is -0.493 e. The maximum absolute atomic E-state index is 12.9. The third kappa shape index (κ3) is 2.81. The molecule has 2 rings (SSSR count). The quantitative estimate of drug-likeness (QED) is 0.875. The summed E-state index contributed by atoms with van der Waals surface area (Å²) in [4.78, 5) is 11.3. The normalized spacial score (nSPS) is 17.6. The first-order valence-corrected chi connectivity index (χ1v) is 6.24. The minimum atomic E-state index is -0.733. The van der Waals surface area contributed by atoms with Crippen molar-refractivity contribution in [3.8, 4) is 5.75 Å². The number of carboxylic acids is 1. The molecule has 18 heavy (non-hydrogen) atoms. The van der Waals surface area contributed by atoms with Gasteiger partial charge in [-0.3, -0.25) is 4.79 Å². The molecule has 1 fully saturated rings. The number of hydrogen-bond acceptors (Lipinski definition) is 2. The molecule has 4 heteroatoms. The Morgan fingerprint density at radius 2 is 2.11 bits per heavy atom. The monoisotopic (exact) mass is 252 g/mol. The van der Waals surface area contributed by atoms with E-state index in [2.05, 4.69) is 0 Å². The minimum absolute atomic E-state index is 0.315. The summed E-state index contributed by atoms with van der Waals surface area (Å²) < 4.78 is 18.3. The van der Waals surface area contributed by atoms with E-state index in [1.54, 1.807) is 12.1 Å². The maximum Gasteiger partial charge on any atom is 0.309 e. The van der Waals surface area contributed by atoms with E-state index in [9.17, 15) is 14.3 Å². The van der Waals surface area contributed by atoms with Gasteiger partial charge < -0.3 is 9.84 Å². The molecule has 1 aliphatic rings. The van der Waals surface area contributed by atoms with Crippen LogP contribution in [0.2, 0.25) is 0 Å². The van der Waals surface area contributed by atoms with Crippen LogP contribution in [0, 0.1) is 11.2 Å². The van der Waals surface area contributed by atoms with Crippen LogP contribution < -0.4 is 4.74 Å². The van der Waals surface area contributed by atoms with Gasteiger partial charge in [-0.25, -0.2) is 4.39 Å². The Balaban J connectivity index is 1.89. The summed E-state index contributed by atoms with van der Waals surface area (Å²) in [7, 11) is 0. The van der Waals surface area contributed by atoms with Gasteiger partial charge in [0.05, 0.1) is 12.0 Å². The van der Waals surface area contributed by atoms with Gasteiger partial charge >= 0.3 is 5.97 Å². The number of rotatable bonds is 5. The number of ether oxygens (including phenoxy) is 1. The third-order valence-corrected chi connectivity index (χ3v) is 3.66. The topological polar surface area (TPSA) is 46.5 Å². The van der Waals surface area contributed by atoms with Gasteiger partial charge in [0, 0.05) is 6.07 Å². The molecule has 98 valence electrons. The summed E-state index contributed by atoms with van der Waals surface area (Å²) in [6, 6.07) is 5.91. The lowest BCUT2D eigenvalue weighted by atomic mass is 9.83. The molecule has 0 saturated heterocycles. The predicted octanol–water partition coefficient (Wildman–Crippen LogP) is 3.24. The molecule has 0 heterocycles. The second kappa shape index (κ2) is 5.38. The second-order valence-corrected chi connectivity index (χ2v) is 4.85. The Bertz CT molecular complexity index is 425. The van der Waals surface area contributed by atoms with Crippen molar-refractivity contribution in [3.05, 3.63) is 30.1 Å². The van der Waals surface area contributed by atoms with Gasteiger partial charge in [-0.05, 0) is 31.4 Å². The van der Waals surface area contributed by atoms with Crippen LogP contribution >= 0.6 is 0 Å². The Morgan fingerprint density at radius 3 is 2.72 bits per heavy atom. The molecule has 0 aromatic heterocycles. The molecule has 1 N–H and O–H groups in total. The van der Waals surface area contributed by atoms with E-state index in [0.717, 1.165) is 25.7 Å². The van der Waals surface area contributed by atoms with Crippen molar-refractivity contribution in [3.63, 3.8) is 0 Å². The highest BCUT2D eigenvalue weighted by Gasteiger charge is 2.40. The highest BCUT2D eigenvalue weighted by atomic mass is 19.1. The predicted molar refractivity (Wildman–Crippen MR) is 65.0 cm³/mol. The fraction of sp³-hybridized carbons (Fsp3) is 0.500. The van der Waals surface area contributed by atoms with Crippen LogP contribution in [0.25, 0.3) is 0 Å². The zero-order chi connectivity index (χ0) is 13.0. The average molecular weight is 252 g/mol. The van der Waals surface area contributed by atoms with E-state index in [-0.39, 0.29) is 5.82 Å². The van der Waals surface area contributed by atoms with Crippen molar-refractivity contribution >= 4 is 5.97 Å². The molecule has 1 aliphatic carbocycles. The lowest BCUT2D eigenvalue weighted by Crippen LogP contribution is -2.29. The van der Waals surface area contributed by atoms with Crippen molar-refractivity contribution < 1.29 is 19.0 Å². The van der Waals surface area contributed by atoms with Gasteiger partial charge in [0.1, 0.15) is 11.6 Å².